The fraction of sp³-hybridized carbons (Fsp3) is 0.607. The molecule has 1 aromatic carbocycles. The lowest BCUT2D eigenvalue weighted by molar-refractivity contribution is -0.0409. The van der Waals surface area contributed by atoms with Crippen molar-refractivity contribution in [3.05, 3.63) is 53.2 Å². The zero-order chi connectivity index (χ0) is 21.2. The zero-order valence-corrected chi connectivity index (χ0v) is 19.7. The van der Waals surface area contributed by atoms with Crippen LogP contribution >= 0.6 is 11.3 Å². The predicted molar refractivity (Wildman–Crippen MR) is 128 cm³/mol. The molecule has 3 heteroatoms. The highest BCUT2D eigenvalue weighted by Crippen LogP contribution is 2.68. The van der Waals surface area contributed by atoms with Crippen molar-refractivity contribution in [2.45, 2.75) is 77.2 Å². The van der Waals surface area contributed by atoms with Crippen molar-refractivity contribution in [1.29, 1.82) is 0 Å². The number of thiazole rings is 1. The fourth-order valence-corrected chi connectivity index (χ4v) is 9.45. The molecule has 4 aliphatic carbocycles. The number of hydrogen-bond acceptors (Lipinski definition) is 3. The van der Waals surface area contributed by atoms with Crippen molar-refractivity contribution in [1.82, 2.24) is 4.98 Å². The Kier molecular flexibility index (Phi) is 4.74. The zero-order valence-electron chi connectivity index (χ0n) is 18.9. The number of fused-ring (bicyclic) bond motifs is 5. The van der Waals surface area contributed by atoms with Gasteiger partial charge < -0.3 is 5.11 Å². The quantitative estimate of drug-likeness (QED) is 0.507. The molecular formula is C28H35NOS. The van der Waals surface area contributed by atoms with E-state index >= 15 is 0 Å². The molecule has 1 heterocycles. The van der Waals surface area contributed by atoms with Gasteiger partial charge in [-0.1, -0.05) is 55.8 Å². The van der Waals surface area contributed by atoms with Crippen LogP contribution in [-0.2, 0) is 0 Å². The van der Waals surface area contributed by atoms with Gasteiger partial charge in [0, 0.05) is 12.1 Å². The maximum absolute atomic E-state index is 10.2. The molecule has 1 aromatic heterocycles. The first-order valence-electron chi connectivity index (χ1n) is 12.4. The predicted octanol–water partition coefficient (Wildman–Crippen LogP) is 7.22. The van der Waals surface area contributed by atoms with Gasteiger partial charge in [-0.2, -0.15) is 0 Å². The average Bonchev–Trinajstić information content (AvgIpc) is 3.39. The van der Waals surface area contributed by atoms with E-state index in [0.717, 1.165) is 30.6 Å². The Morgan fingerprint density at radius 2 is 1.84 bits per heavy atom. The molecule has 0 spiro atoms. The summed E-state index contributed by atoms with van der Waals surface area (Å²) in [4.78, 5) is 6.30. The first-order chi connectivity index (χ1) is 15.0. The minimum absolute atomic E-state index is 0.107. The summed E-state index contributed by atoms with van der Waals surface area (Å²) in [7, 11) is 0. The summed E-state index contributed by atoms with van der Waals surface area (Å²) >= 11 is 1.93. The molecular weight excluding hydrogens is 398 g/mol. The van der Waals surface area contributed by atoms with E-state index in [1.165, 1.54) is 54.0 Å². The molecule has 164 valence electrons. The van der Waals surface area contributed by atoms with Gasteiger partial charge in [-0.15, -0.1) is 11.3 Å². The van der Waals surface area contributed by atoms with E-state index in [9.17, 15) is 5.11 Å². The van der Waals surface area contributed by atoms with Crippen LogP contribution < -0.4 is 0 Å². The number of aliphatic hydroxyl groups is 1. The monoisotopic (exact) mass is 433 g/mol. The molecule has 7 atom stereocenters. The molecule has 0 radical (unpaired) electrons. The lowest BCUT2D eigenvalue weighted by atomic mass is 9.47. The van der Waals surface area contributed by atoms with E-state index in [1.54, 1.807) is 5.57 Å². The maximum atomic E-state index is 10.2. The fourth-order valence-electron chi connectivity index (χ4n) is 8.23. The topological polar surface area (TPSA) is 33.1 Å². The lowest BCUT2D eigenvalue weighted by Crippen LogP contribution is -2.50. The SMILES string of the molecule is C[C@]12CCC(O)CC1=CC[C@@H]1[C@@H]2CC[C@]2(C)C(c3ncc(-c4ccccc4)s3)CC[C@@H]12. The highest BCUT2D eigenvalue weighted by molar-refractivity contribution is 7.15. The number of benzene rings is 1. The second-order valence-corrected chi connectivity index (χ2v) is 12.3. The van der Waals surface area contributed by atoms with Gasteiger partial charge in [0.05, 0.1) is 16.0 Å². The molecule has 3 fully saturated rings. The van der Waals surface area contributed by atoms with E-state index in [0.29, 0.717) is 16.7 Å². The van der Waals surface area contributed by atoms with Gasteiger partial charge in [-0.3, -0.25) is 0 Å². The molecule has 0 amide bonds. The Hall–Kier alpha value is -1.45. The molecule has 0 saturated heterocycles. The number of rotatable bonds is 2. The number of nitrogens with zero attached hydrogens (tertiary/aromatic N) is 1. The Balaban J connectivity index is 1.29. The summed E-state index contributed by atoms with van der Waals surface area (Å²) in [6.45, 7) is 5.13. The molecule has 31 heavy (non-hydrogen) atoms. The van der Waals surface area contributed by atoms with Gasteiger partial charge >= 0.3 is 0 Å². The van der Waals surface area contributed by atoms with E-state index in [4.69, 9.17) is 4.98 Å². The van der Waals surface area contributed by atoms with Crippen LogP contribution in [0, 0.1) is 28.6 Å². The van der Waals surface area contributed by atoms with Gasteiger partial charge in [0.15, 0.2) is 0 Å². The first-order valence-corrected chi connectivity index (χ1v) is 13.2. The van der Waals surface area contributed by atoms with Crippen LogP contribution in [0.5, 0.6) is 0 Å². The highest BCUT2D eigenvalue weighted by atomic mass is 32.1. The minimum Gasteiger partial charge on any atom is -0.393 e. The summed E-state index contributed by atoms with van der Waals surface area (Å²) in [6, 6.07) is 10.7. The summed E-state index contributed by atoms with van der Waals surface area (Å²) in [5.74, 6) is 3.07. The molecule has 6 rings (SSSR count). The van der Waals surface area contributed by atoms with Gasteiger partial charge in [-0.05, 0) is 85.5 Å². The van der Waals surface area contributed by atoms with Crippen molar-refractivity contribution in [2.75, 3.05) is 0 Å². The molecule has 0 aliphatic heterocycles. The molecule has 2 aromatic rings. The lowest BCUT2D eigenvalue weighted by Gasteiger charge is -2.58. The van der Waals surface area contributed by atoms with Crippen LogP contribution in [0.2, 0.25) is 0 Å². The molecule has 0 bridgehead atoms. The summed E-state index contributed by atoms with van der Waals surface area (Å²) in [5, 5.41) is 11.6. The van der Waals surface area contributed by atoms with E-state index < -0.39 is 0 Å². The van der Waals surface area contributed by atoms with Crippen molar-refractivity contribution in [2.24, 2.45) is 28.6 Å². The van der Waals surface area contributed by atoms with Crippen LogP contribution in [0.1, 0.15) is 76.1 Å². The van der Waals surface area contributed by atoms with Crippen molar-refractivity contribution in [3.8, 4) is 10.4 Å². The van der Waals surface area contributed by atoms with Crippen molar-refractivity contribution in [3.63, 3.8) is 0 Å². The maximum Gasteiger partial charge on any atom is 0.0967 e. The largest absolute Gasteiger partial charge is 0.393 e. The number of aliphatic hydroxyl groups excluding tert-OH is 1. The number of allylic oxidation sites excluding steroid dienone is 1. The molecule has 2 unspecified atom stereocenters. The molecule has 3 saturated carbocycles. The van der Waals surface area contributed by atoms with Crippen LogP contribution in [0.15, 0.2) is 48.2 Å². The average molecular weight is 434 g/mol. The van der Waals surface area contributed by atoms with Crippen LogP contribution in [0.4, 0.5) is 0 Å². The van der Waals surface area contributed by atoms with E-state index in [1.807, 2.05) is 11.3 Å². The number of hydrogen-bond donors (Lipinski definition) is 1. The Labute approximate surface area is 190 Å². The Morgan fingerprint density at radius 3 is 2.68 bits per heavy atom. The van der Waals surface area contributed by atoms with Crippen LogP contribution in [-0.4, -0.2) is 16.2 Å². The molecule has 1 N–H and O–H groups in total. The van der Waals surface area contributed by atoms with Gasteiger partial charge in [-0.25, -0.2) is 4.98 Å². The second-order valence-electron chi connectivity index (χ2n) is 11.3. The standard InChI is InChI=1S/C28H35NOS/c1-27-14-12-20(30)16-19(27)8-9-21-22-10-11-24(28(22,2)15-13-23(21)27)26-29-17-25(31-26)18-6-4-3-5-7-18/h3-8,17,20-24,30H,9-16H2,1-2H3/t20?,21-,22-,23-,24?,27-,28-/m0/s1. The summed E-state index contributed by atoms with van der Waals surface area (Å²) < 4.78 is 0. The second kappa shape index (κ2) is 7.28. The highest BCUT2D eigenvalue weighted by Gasteiger charge is 2.59. The van der Waals surface area contributed by atoms with Gasteiger partial charge in [0.25, 0.3) is 0 Å². The third kappa shape index (κ3) is 3.03. The normalized spacial score (nSPS) is 41.8. The minimum atomic E-state index is -0.107. The van der Waals surface area contributed by atoms with E-state index in [-0.39, 0.29) is 6.10 Å². The summed E-state index contributed by atoms with van der Waals surface area (Å²) in [6.07, 6.45) is 14.3. The van der Waals surface area contributed by atoms with Crippen molar-refractivity contribution >= 4 is 11.3 Å². The third-order valence-electron chi connectivity index (χ3n) is 9.96. The van der Waals surface area contributed by atoms with E-state index in [2.05, 4.69) is 56.5 Å². The Morgan fingerprint density at radius 1 is 1.00 bits per heavy atom. The first kappa shape index (κ1) is 20.2. The smallest absolute Gasteiger partial charge is 0.0967 e. The Bertz CT molecular complexity index is 995. The van der Waals surface area contributed by atoms with Gasteiger partial charge in [0.2, 0.25) is 0 Å². The summed E-state index contributed by atoms with van der Waals surface area (Å²) in [5.41, 5.74) is 3.61. The molecule has 2 nitrogen and oxygen atoms in total. The number of aromatic nitrogens is 1. The molecule has 4 aliphatic rings. The van der Waals surface area contributed by atoms with Gasteiger partial charge in [0.1, 0.15) is 0 Å². The van der Waals surface area contributed by atoms with Crippen molar-refractivity contribution < 1.29 is 5.11 Å². The third-order valence-corrected chi connectivity index (χ3v) is 11.1. The van der Waals surface area contributed by atoms with Crippen LogP contribution in [0.25, 0.3) is 10.4 Å². The van der Waals surface area contributed by atoms with Crippen LogP contribution in [0.3, 0.4) is 0 Å².